The Morgan fingerprint density at radius 1 is 1.45 bits per heavy atom. The maximum Gasteiger partial charge on any atom is 0.326 e. The van der Waals surface area contributed by atoms with Crippen molar-refractivity contribution in [1.82, 2.24) is 14.7 Å². The molecule has 1 amide bonds. The molecule has 1 saturated heterocycles. The summed E-state index contributed by atoms with van der Waals surface area (Å²) < 4.78 is 8.07. The highest BCUT2D eigenvalue weighted by Gasteiger charge is 2.35. The number of hydrogen-bond acceptors (Lipinski definition) is 4. The van der Waals surface area contributed by atoms with Crippen molar-refractivity contribution in [3.05, 3.63) is 40.5 Å². The summed E-state index contributed by atoms with van der Waals surface area (Å²) in [7, 11) is 0. The van der Waals surface area contributed by atoms with Crippen LogP contribution in [0.4, 0.5) is 0 Å². The lowest BCUT2D eigenvalue weighted by Crippen LogP contribution is -2.40. The first-order chi connectivity index (χ1) is 10.5. The van der Waals surface area contributed by atoms with Crippen LogP contribution in [-0.2, 0) is 11.3 Å². The van der Waals surface area contributed by atoms with Gasteiger partial charge in [0, 0.05) is 12.7 Å². The molecule has 0 radical (unpaired) electrons. The first kappa shape index (κ1) is 14.8. The largest absolute Gasteiger partial charge is 0.480 e. The number of aromatic nitrogens is 2. The van der Waals surface area contributed by atoms with Gasteiger partial charge >= 0.3 is 5.97 Å². The van der Waals surface area contributed by atoms with Crippen LogP contribution in [0.3, 0.4) is 0 Å². The lowest BCUT2D eigenvalue weighted by molar-refractivity contribution is -0.141. The van der Waals surface area contributed by atoms with Gasteiger partial charge in [0.15, 0.2) is 5.76 Å². The van der Waals surface area contributed by atoms with Crippen molar-refractivity contribution < 1.29 is 19.1 Å². The number of halogens is 1. The van der Waals surface area contributed by atoms with E-state index in [4.69, 9.17) is 9.52 Å². The van der Waals surface area contributed by atoms with Gasteiger partial charge in [-0.3, -0.25) is 9.48 Å². The van der Waals surface area contributed by atoms with Crippen molar-refractivity contribution in [1.29, 1.82) is 0 Å². The summed E-state index contributed by atoms with van der Waals surface area (Å²) in [5.41, 5.74) is 0. The molecule has 0 aromatic carbocycles. The molecule has 2 aromatic heterocycles. The zero-order valence-electron chi connectivity index (χ0n) is 11.6. The maximum absolute atomic E-state index is 12.4. The highest BCUT2D eigenvalue weighted by molar-refractivity contribution is 9.10. The van der Waals surface area contributed by atoms with Crippen molar-refractivity contribution in [2.24, 2.45) is 0 Å². The molecule has 7 nitrogen and oxygen atoms in total. The minimum atomic E-state index is -0.973. The Morgan fingerprint density at radius 3 is 2.95 bits per heavy atom. The topological polar surface area (TPSA) is 88.6 Å². The van der Waals surface area contributed by atoms with Crippen LogP contribution in [-0.4, -0.2) is 44.3 Å². The van der Waals surface area contributed by atoms with Gasteiger partial charge in [-0.05, 0) is 40.9 Å². The second-order valence-electron chi connectivity index (χ2n) is 5.12. The number of amides is 1. The third-order valence-electron chi connectivity index (χ3n) is 3.59. The summed E-state index contributed by atoms with van der Waals surface area (Å²) in [6, 6.07) is 2.52. The number of furan rings is 1. The van der Waals surface area contributed by atoms with E-state index in [0.29, 0.717) is 31.7 Å². The predicted octanol–water partition coefficient (Wildman–Crippen LogP) is 1.98. The molecule has 22 heavy (non-hydrogen) atoms. The smallest absolute Gasteiger partial charge is 0.326 e. The van der Waals surface area contributed by atoms with Crippen LogP contribution in [0.25, 0.3) is 0 Å². The quantitative estimate of drug-likeness (QED) is 0.892. The number of rotatable bonds is 4. The van der Waals surface area contributed by atoms with Crippen LogP contribution < -0.4 is 0 Å². The van der Waals surface area contributed by atoms with Gasteiger partial charge in [-0.2, -0.15) is 5.10 Å². The number of carboxylic acids is 1. The molecule has 3 heterocycles. The van der Waals surface area contributed by atoms with E-state index in [2.05, 4.69) is 21.0 Å². The van der Waals surface area contributed by atoms with Crippen molar-refractivity contribution in [2.75, 3.05) is 6.54 Å². The highest BCUT2D eigenvalue weighted by atomic mass is 79.9. The first-order valence-electron chi connectivity index (χ1n) is 6.85. The number of aliphatic carboxylic acids is 1. The van der Waals surface area contributed by atoms with Crippen LogP contribution in [0.5, 0.6) is 0 Å². The van der Waals surface area contributed by atoms with E-state index in [1.165, 1.54) is 4.90 Å². The molecule has 0 aliphatic carbocycles. The summed E-state index contributed by atoms with van der Waals surface area (Å²) in [6.07, 6.45) is 4.63. The van der Waals surface area contributed by atoms with E-state index in [9.17, 15) is 9.59 Å². The van der Waals surface area contributed by atoms with Gasteiger partial charge in [0.05, 0.1) is 17.2 Å². The molecule has 1 aliphatic heterocycles. The average Bonchev–Trinajstić information content (AvgIpc) is 3.19. The molecule has 2 aromatic rings. The summed E-state index contributed by atoms with van der Waals surface area (Å²) in [5, 5.41) is 13.3. The fraction of sp³-hybridized carbons (Fsp3) is 0.357. The Balaban J connectivity index is 1.73. The summed E-state index contributed by atoms with van der Waals surface area (Å²) in [6.45, 7) is 0.846. The molecule has 1 atom stereocenters. The third-order valence-corrected chi connectivity index (χ3v) is 4.00. The Labute approximate surface area is 134 Å². The lowest BCUT2D eigenvalue weighted by Gasteiger charge is -2.19. The van der Waals surface area contributed by atoms with Crippen LogP contribution >= 0.6 is 15.9 Å². The molecule has 0 spiro atoms. The van der Waals surface area contributed by atoms with E-state index < -0.39 is 12.0 Å². The van der Waals surface area contributed by atoms with Crippen LogP contribution in [0, 0.1) is 0 Å². The van der Waals surface area contributed by atoms with Gasteiger partial charge in [0.2, 0.25) is 0 Å². The molecule has 3 rings (SSSR count). The monoisotopic (exact) mass is 367 g/mol. The van der Waals surface area contributed by atoms with Crippen molar-refractivity contribution in [3.8, 4) is 0 Å². The predicted molar refractivity (Wildman–Crippen MR) is 79.4 cm³/mol. The minimum absolute atomic E-state index is 0.161. The van der Waals surface area contributed by atoms with Crippen molar-refractivity contribution >= 4 is 27.8 Å². The van der Waals surface area contributed by atoms with Gasteiger partial charge in [-0.15, -0.1) is 0 Å². The molecule has 1 fully saturated rings. The highest BCUT2D eigenvalue weighted by Crippen LogP contribution is 2.21. The van der Waals surface area contributed by atoms with Crippen molar-refractivity contribution in [3.63, 3.8) is 0 Å². The number of nitrogens with zero attached hydrogens (tertiary/aromatic N) is 3. The van der Waals surface area contributed by atoms with Crippen molar-refractivity contribution in [2.45, 2.75) is 25.4 Å². The molecule has 0 unspecified atom stereocenters. The molecule has 116 valence electrons. The summed E-state index contributed by atoms with van der Waals surface area (Å²) in [5.74, 6) is -0.601. The maximum atomic E-state index is 12.4. The van der Waals surface area contributed by atoms with Crippen LogP contribution in [0.2, 0.25) is 0 Å². The Bertz CT molecular complexity index is 709. The van der Waals surface area contributed by atoms with E-state index in [-0.39, 0.29) is 11.7 Å². The van der Waals surface area contributed by atoms with Gasteiger partial charge in [0.25, 0.3) is 5.91 Å². The van der Waals surface area contributed by atoms with E-state index in [1.807, 2.05) is 0 Å². The number of carbonyl (C=O) groups excluding carboxylic acids is 1. The van der Waals surface area contributed by atoms with E-state index in [0.717, 1.165) is 4.47 Å². The van der Waals surface area contributed by atoms with Gasteiger partial charge in [-0.1, -0.05) is 0 Å². The normalized spacial score (nSPS) is 17.9. The molecular weight excluding hydrogens is 354 g/mol. The van der Waals surface area contributed by atoms with E-state index >= 15 is 0 Å². The average molecular weight is 368 g/mol. The number of carboxylic acid groups (broad SMARTS) is 1. The second kappa shape index (κ2) is 5.96. The summed E-state index contributed by atoms with van der Waals surface area (Å²) in [4.78, 5) is 24.9. The molecule has 0 bridgehead atoms. The molecule has 8 heteroatoms. The van der Waals surface area contributed by atoms with Gasteiger partial charge < -0.3 is 14.4 Å². The standard InChI is InChI=1S/C14H14BrN3O4/c15-9-6-16-17(7-9)8-10-3-4-12(22-10)13(19)18-5-1-2-11(18)14(20)21/h3-4,6-7,11H,1-2,5,8H2,(H,20,21)/t11-/m1/s1. The van der Waals surface area contributed by atoms with Gasteiger partial charge in [0.1, 0.15) is 11.8 Å². The fourth-order valence-electron chi connectivity index (χ4n) is 2.57. The number of carbonyl (C=O) groups is 2. The minimum Gasteiger partial charge on any atom is -0.480 e. The lowest BCUT2D eigenvalue weighted by atomic mass is 10.2. The molecule has 1 N–H and O–H groups in total. The molecule has 1 aliphatic rings. The van der Waals surface area contributed by atoms with Crippen LogP contribution in [0.15, 0.2) is 33.4 Å². The fourth-order valence-corrected chi connectivity index (χ4v) is 2.90. The number of hydrogen-bond donors (Lipinski definition) is 1. The molecular formula is C14H14BrN3O4. The second-order valence-corrected chi connectivity index (χ2v) is 6.03. The summed E-state index contributed by atoms with van der Waals surface area (Å²) >= 11 is 3.31. The SMILES string of the molecule is O=C(O)[C@H]1CCCN1C(=O)c1ccc(Cn2cc(Br)cn2)o1. The Hall–Kier alpha value is -2.09. The molecule has 0 saturated carbocycles. The van der Waals surface area contributed by atoms with Crippen LogP contribution in [0.1, 0.15) is 29.2 Å². The zero-order valence-corrected chi connectivity index (χ0v) is 13.2. The zero-order chi connectivity index (χ0) is 15.7. The first-order valence-corrected chi connectivity index (χ1v) is 7.64. The van der Waals surface area contributed by atoms with E-state index in [1.54, 1.807) is 29.2 Å². The third kappa shape index (κ3) is 2.92. The Kier molecular flexibility index (Phi) is 4.02. The number of likely N-dealkylation sites (tertiary alicyclic amines) is 1. The van der Waals surface area contributed by atoms with Gasteiger partial charge in [-0.25, -0.2) is 4.79 Å². The Morgan fingerprint density at radius 2 is 2.27 bits per heavy atom.